The summed E-state index contributed by atoms with van der Waals surface area (Å²) in [4.78, 5) is 10.0. The molecule has 0 heterocycles. The number of phenols is 1. The van der Waals surface area contributed by atoms with Crippen LogP contribution in [0.15, 0.2) is 24.3 Å². The van der Waals surface area contributed by atoms with Gasteiger partial charge in [0.1, 0.15) is 12.0 Å². The van der Waals surface area contributed by atoms with Crippen LogP contribution >= 0.6 is 0 Å². The van der Waals surface area contributed by atoms with Crippen LogP contribution in [-0.4, -0.2) is 11.4 Å². The number of hydrogen-bond acceptors (Lipinski definition) is 2. The van der Waals surface area contributed by atoms with Crippen LogP contribution in [0, 0.1) is 17.8 Å². The van der Waals surface area contributed by atoms with E-state index in [0.29, 0.717) is 5.56 Å². The summed E-state index contributed by atoms with van der Waals surface area (Å²) in [6.45, 7) is 6.34. The Labute approximate surface area is 104 Å². The van der Waals surface area contributed by atoms with E-state index in [4.69, 9.17) is 11.5 Å². The van der Waals surface area contributed by atoms with E-state index in [1.165, 1.54) is 18.6 Å². The summed E-state index contributed by atoms with van der Waals surface area (Å²) >= 11 is 0. The Balaban J connectivity index is 0.000000304. The van der Waals surface area contributed by atoms with E-state index < -0.39 is 0 Å². The number of aldehydes is 1. The van der Waals surface area contributed by atoms with Crippen molar-refractivity contribution in [3.8, 4) is 18.1 Å². The summed E-state index contributed by atoms with van der Waals surface area (Å²) in [5.74, 6) is 2.92. The molecular weight excluding hydrogens is 212 g/mol. The van der Waals surface area contributed by atoms with Gasteiger partial charge >= 0.3 is 0 Å². The van der Waals surface area contributed by atoms with Crippen LogP contribution in [0.2, 0.25) is 0 Å². The van der Waals surface area contributed by atoms with Gasteiger partial charge in [-0.05, 0) is 44.5 Å². The zero-order valence-electron chi connectivity index (χ0n) is 10.7. The summed E-state index contributed by atoms with van der Waals surface area (Å²) in [5.41, 5.74) is 0.696. The number of benzene rings is 1. The molecule has 2 nitrogen and oxygen atoms in total. The standard InChI is InChI=1S/C8H14.C7H6O2/c1-5-7-8(3,4)6-2;8-5-6-1-3-7(9)4-2-6/h2H,5,7H2,1,3-4H3;1-5,9H. The van der Waals surface area contributed by atoms with Gasteiger partial charge in [0.15, 0.2) is 0 Å². The molecule has 0 aliphatic carbocycles. The molecule has 1 aromatic rings. The van der Waals surface area contributed by atoms with E-state index in [0.717, 1.165) is 12.7 Å². The minimum atomic E-state index is 0.120. The minimum absolute atomic E-state index is 0.120. The first-order chi connectivity index (χ1) is 7.95. The molecule has 0 aromatic heterocycles. The van der Waals surface area contributed by atoms with Crippen LogP contribution in [0.5, 0.6) is 5.75 Å². The molecule has 0 unspecified atom stereocenters. The van der Waals surface area contributed by atoms with Gasteiger partial charge in [0.2, 0.25) is 0 Å². The minimum Gasteiger partial charge on any atom is -0.508 e. The molecule has 1 N–H and O–H groups in total. The van der Waals surface area contributed by atoms with Crippen molar-refractivity contribution in [3.63, 3.8) is 0 Å². The van der Waals surface area contributed by atoms with Crippen molar-refractivity contribution in [1.82, 2.24) is 0 Å². The molecular formula is C15H20O2. The molecule has 0 fully saturated rings. The summed E-state index contributed by atoms with van der Waals surface area (Å²) in [7, 11) is 0. The molecule has 0 radical (unpaired) electrons. The molecule has 1 aromatic carbocycles. The van der Waals surface area contributed by atoms with Crippen molar-refractivity contribution in [1.29, 1.82) is 0 Å². The van der Waals surface area contributed by atoms with Crippen molar-refractivity contribution >= 4 is 6.29 Å². The quantitative estimate of drug-likeness (QED) is 0.638. The lowest BCUT2D eigenvalue weighted by molar-refractivity contribution is 0.112. The zero-order chi connectivity index (χ0) is 13.3. The maximum Gasteiger partial charge on any atom is 0.150 e. The number of aromatic hydroxyl groups is 1. The number of hydrogen-bond donors (Lipinski definition) is 1. The van der Waals surface area contributed by atoms with Crippen molar-refractivity contribution in [2.24, 2.45) is 5.41 Å². The number of terminal acetylenes is 1. The van der Waals surface area contributed by atoms with Gasteiger partial charge in [-0.25, -0.2) is 0 Å². The summed E-state index contributed by atoms with van der Waals surface area (Å²) in [6, 6.07) is 6.07. The second kappa shape index (κ2) is 7.51. The van der Waals surface area contributed by atoms with Gasteiger partial charge in [-0.1, -0.05) is 13.3 Å². The van der Waals surface area contributed by atoms with Crippen molar-refractivity contribution in [2.75, 3.05) is 0 Å². The molecule has 0 atom stereocenters. The molecule has 0 aliphatic rings. The fourth-order valence-corrected chi connectivity index (χ4v) is 1.25. The molecule has 0 bridgehead atoms. The molecule has 92 valence electrons. The van der Waals surface area contributed by atoms with E-state index in [2.05, 4.69) is 26.7 Å². The summed E-state index contributed by atoms with van der Waals surface area (Å²) in [5, 5.41) is 8.74. The van der Waals surface area contributed by atoms with Gasteiger partial charge in [-0.15, -0.1) is 12.3 Å². The SMILES string of the molecule is C#CC(C)(C)CCC.O=Cc1ccc(O)cc1. The molecule has 0 saturated carbocycles. The molecule has 0 spiro atoms. The largest absolute Gasteiger partial charge is 0.508 e. The van der Waals surface area contributed by atoms with Gasteiger partial charge in [0, 0.05) is 11.0 Å². The molecule has 0 aliphatic heterocycles. The third-order valence-corrected chi connectivity index (χ3v) is 2.29. The van der Waals surface area contributed by atoms with Crippen LogP contribution in [0.25, 0.3) is 0 Å². The third kappa shape index (κ3) is 7.19. The van der Waals surface area contributed by atoms with Crippen molar-refractivity contribution < 1.29 is 9.90 Å². The first-order valence-electron chi connectivity index (χ1n) is 5.67. The lowest BCUT2D eigenvalue weighted by atomic mass is 9.90. The molecule has 2 heteroatoms. The van der Waals surface area contributed by atoms with Crippen LogP contribution in [0.3, 0.4) is 0 Å². The molecule has 1 rings (SSSR count). The van der Waals surface area contributed by atoms with Gasteiger partial charge in [-0.3, -0.25) is 4.79 Å². The lowest BCUT2D eigenvalue weighted by Crippen LogP contribution is -2.05. The second-order valence-corrected chi connectivity index (χ2v) is 4.49. The predicted octanol–water partition coefficient (Wildman–Crippen LogP) is 3.65. The zero-order valence-corrected chi connectivity index (χ0v) is 10.7. The highest BCUT2D eigenvalue weighted by atomic mass is 16.3. The van der Waals surface area contributed by atoms with Crippen LogP contribution in [0.1, 0.15) is 44.0 Å². The van der Waals surface area contributed by atoms with E-state index in [9.17, 15) is 4.79 Å². The number of rotatable bonds is 3. The predicted molar refractivity (Wildman–Crippen MR) is 71.0 cm³/mol. The number of carbonyl (C=O) groups is 1. The summed E-state index contributed by atoms with van der Waals surface area (Å²) < 4.78 is 0. The average molecular weight is 232 g/mol. The third-order valence-electron chi connectivity index (χ3n) is 2.29. The monoisotopic (exact) mass is 232 g/mol. The fourth-order valence-electron chi connectivity index (χ4n) is 1.25. The Morgan fingerprint density at radius 2 is 1.88 bits per heavy atom. The Morgan fingerprint density at radius 3 is 2.18 bits per heavy atom. The summed E-state index contributed by atoms with van der Waals surface area (Å²) in [6.07, 6.45) is 8.28. The smallest absolute Gasteiger partial charge is 0.150 e. The Morgan fingerprint density at radius 1 is 1.35 bits per heavy atom. The van der Waals surface area contributed by atoms with Gasteiger partial charge < -0.3 is 5.11 Å². The highest BCUT2D eigenvalue weighted by Gasteiger charge is 2.10. The van der Waals surface area contributed by atoms with Gasteiger partial charge in [0.05, 0.1) is 0 Å². The van der Waals surface area contributed by atoms with Crippen LogP contribution in [-0.2, 0) is 0 Å². The Kier molecular flexibility index (Phi) is 6.74. The van der Waals surface area contributed by atoms with Gasteiger partial charge in [0.25, 0.3) is 0 Å². The Bertz CT molecular complexity index is 369. The molecule has 0 amide bonds. The average Bonchev–Trinajstić information content (AvgIpc) is 2.31. The maximum absolute atomic E-state index is 10.0. The normalized spacial score (nSPS) is 9.76. The second-order valence-electron chi connectivity index (χ2n) is 4.49. The number of phenolic OH excluding ortho intramolecular Hbond substituents is 1. The first-order valence-corrected chi connectivity index (χ1v) is 5.67. The number of carbonyl (C=O) groups excluding carboxylic acids is 1. The van der Waals surface area contributed by atoms with E-state index >= 15 is 0 Å². The highest BCUT2D eigenvalue weighted by molar-refractivity contribution is 5.74. The highest BCUT2D eigenvalue weighted by Crippen LogP contribution is 2.19. The molecule has 17 heavy (non-hydrogen) atoms. The first kappa shape index (κ1) is 15.2. The van der Waals surface area contributed by atoms with Crippen molar-refractivity contribution in [3.05, 3.63) is 29.8 Å². The van der Waals surface area contributed by atoms with Crippen molar-refractivity contribution in [2.45, 2.75) is 33.6 Å². The van der Waals surface area contributed by atoms with E-state index in [-0.39, 0.29) is 11.2 Å². The van der Waals surface area contributed by atoms with Crippen LogP contribution in [0.4, 0.5) is 0 Å². The lowest BCUT2D eigenvalue weighted by Gasteiger charge is -2.14. The molecule has 0 saturated heterocycles. The van der Waals surface area contributed by atoms with Gasteiger partial charge in [-0.2, -0.15) is 0 Å². The topological polar surface area (TPSA) is 37.3 Å². The van der Waals surface area contributed by atoms with E-state index in [1.54, 1.807) is 12.1 Å². The Hall–Kier alpha value is -1.75. The maximum atomic E-state index is 10.0. The van der Waals surface area contributed by atoms with Crippen LogP contribution < -0.4 is 0 Å². The van der Waals surface area contributed by atoms with E-state index in [1.807, 2.05) is 0 Å². The fraction of sp³-hybridized carbons (Fsp3) is 0.400.